The smallest absolute Gasteiger partial charge is 0.349 e. The van der Waals surface area contributed by atoms with Crippen LogP contribution in [0.15, 0.2) is 36.9 Å². The number of aryl methyl sites for hydroxylation is 1. The highest BCUT2D eigenvalue weighted by Crippen LogP contribution is 2.31. The molecule has 2 aromatic rings. The molecule has 0 aliphatic rings. The van der Waals surface area contributed by atoms with E-state index in [9.17, 15) is 9.59 Å². The minimum Gasteiger partial charge on any atom is -0.448 e. The normalized spacial score (nSPS) is 11.9. The summed E-state index contributed by atoms with van der Waals surface area (Å²) in [6.07, 6.45) is 0.741. The van der Waals surface area contributed by atoms with Crippen molar-refractivity contribution < 1.29 is 14.3 Å². The van der Waals surface area contributed by atoms with Gasteiger partial charge < -0.3 is 10.1 Å². The molecule has 0 aliphatic carbocycles. The molecule has 1 aromatic heterocycles. The van der Waals surface area contributed by atoms with Gasteiger partial charge in [-0.05, 0) is 30.9 Å². The largest absolute Gasteiger partial charge is 0.448 e. The predicted octanol–water partition coefficient (Wildman–Crippen LogP) is 3.06. The van der Waals surface area contributed by atoms with Gasteiger partial charge in [-0.15, -0.1) is 17.9 Å². The predicted molar refractivity (Wildman–Crippen MR) is 84.6 cm³/mol. The van der Waals surface area contributed by atoms with E-state index in [1.807, 2.05) is 31.2 Å². The van der Waals surface area contributed by atoms with Crippen LogP contribution in [-0.2, 0) is 9.53 Å². The summed E-state index contributed by atoms with van der Waals surface area (Å²) in [5.74, 6) is -0.794. The first kappa shape index (κ1) is 15.3. The van der Waals surface area contributed by atoms with Crippen molar-refractivity contribution in [3.05, 3.63) is 47.4 Å². The van der Waals surface area contributed by atoms with E-state index in [0.717, 1.165) is 15.6 Å². The molecule has 1 heterocycles. The lowest BCUT2D eigenvalue weighted by Crippen LogP contribution is -2.35. The maximum atomic E-state index is 12.2. The zero-order valence-corrected chi connectivity index (χ0v) is 12.8. The summed E-state index contributed by atoms with van der Waals surface area (Å²) in [5.41, 5.74) is 0.888. The van der Waals surface area contributed by atoms with Crippen LogP contribution in [0.5, 0.6) is 0 Å². The van der Waals surface area contributed by atoms with Crippen molar-refractivity contribution in [2.24, 2.45) is 0 Å². The highest BCUT2D eigenvalue weighted by atomic mass is 32.1. The molecule has 1 amide bonds. The minimum absolute atomic E-state index is 0.331. The molecule has 0 aliphatic heterocycles. The van der Waals surface area contributed by atoms with Crippen LogP contribution in [0, 0.1) is 6.92 Å². The maximum Gasteiger partial charge on any atom is 0.349 e. The van der Waals surface area contributed by atoms with Gasteiger partial charge in [-0.2, -0.15) is 0 Å². The number of amides is 1. The topological polar surface area (TPSA) is 55.4 Å². The third-order valence-corrected chi connectivity index (χ3v) is 4.36. The molecule has 2 rings (SSSR count). The summed E-state index contributed by atoms with van der Waals surface area (Å²) in [4.78, 5) is 24.4. The van der Waals surface area contributed by atoms with Crippen LogP contribution < -0.4 is 5.32 Å². The van der Waals surface area contributed by atoms with Crippen molar-refractivity contribution in [2.75, 3.05) is 6.54 Å². The highest BCUT2D eigenvalue weighted by Gasteiger charge is 2.22. The van der Waals surface area contributed by atoms with E-state index in [4.69, 9.17) is 4.74 Å². The van der Waals surface area contributed by atoms with Crippen molar-refractivity contribution in [3.63, 3.8) is 0 Å². The van der Waals surface area contributed by atoms with E-state index >= 15 is 0 Å². The molecule has 1 N–H and O–H groups in total. The van der Waals surface area contributed by atoms with Crippen molar-refractivity contribution >= 4 is 33.3 Å². The fourth-order valence-corrected chi connectivity index (χ4v) is 3.05. The van der Waals surface area contributed by atoms with Gasteiger partial charge >= 0.3 is 5.97 Å². The van der Waals surface area contributed by atoms with Crippen molar-refractivity contribution in [2.45, 2.75) is 20.0 Å². The van der Waals surface area contributed by atoms with Gasteiger partial charge in [0, 0.05) is 11.2 Å². The molecule has 1 unspecified atom stereocenters. The van der Waals surface area contributed by atoms with Crippen LogP contribution in [0.2, 0.25) is 0 Å². The Morgan fingerprint density at radius 1 is 1.43 bits per heavy atom. The Morgan fingerprint density at radius 3 is 2.81 bits per heavy atom. The Bertz CT molecular complexity index is 690. The van der Waals surface area contributed by atoms with E-state index in [2.05, 4.69) is 11.9 Å². The number of benzene rings is 1. The van der Waals surface area contributed by atoms with Gasteiger partial charge in [0.1, 0.15) is 4.88 Å². The van der Waals surface area contributed by atoms with Crippen LogP contribution in [0.1, 0.15) is 22.2 Å². The van der Waals surface area contributed by atoms with Gasteiger partial charge in [0.15, 0.2) is 6.10 Å². The summed E-state index contributed by atoms with van der Waals surface area (Å²) < 4.78 is 6.26. The summed E-state index contributed by atoms with van der Waals surface area (Å²) in [6.45, 7) is 7.31. The van der Waals surface area contributed by atoms with E-state index in [1.54, 1.807) is 13.0 Å². The lowest BCUT2D eigenvalue weighted by atomic mass is 10.1. The number of carbonyl (C=O) groups is 2. The number of thiophene rings is 1. The Balaban J connectivity index is 2.13. The molecule has 0 saturated heterocycles. The molecule has 4 nitrogen and oxygen atoms in total. The second-order valence-electron chi connectivity index (χ2n) is 4.63. The Hall–Kier alpha value is -2.14. The quantitative estimate of drug-likeness (QED) is 0.682. The lowest BCUT2D eigenvalue weighted by Gasteiger charge is -2.12. The molecule has 0 radical (unpaired) electrons. The van der Waals surface area contributed by atoms with E-state index < -0.39 is 12.1 Å². The molecule has 110 valence electrons. The van der Waals surface area contributed by atoms with E-state index in [1.165, 1.54) is 11.3 Å². The third kappa shape index (κ3) is 3.31. The average Bonchev–Trinajstić information content (AvgIpc) is 2.82. The number of nitrogens with one attached hydrogen (secondary N) is 1. The molecule has 0 spiro atoms. The van der Waals surface area contributed by atoms with E-state index in [0.29, 0.717) is 11.4 Å². The van der Waals surface area contributed by atoms with Crippen molar-refractivity contribution in [3.8, 4) is 0 Å². The van der Waals surface area contributed by atoms with Gasteiger partial charge in [0.05, 0.1) is 0 Å². The first-order valence-corrected chi connectivity index (χ1v) is 7.44. The third-order valence-electron chi connectivity index (χ3n) is 3.10. The number of hydrogen-bond donors (Lipinski definition) is 1. The minimum atomic E-state index is -0.831. The van der Waals surface area contributed by atoms with Crippen molar-refractivity contribution in [1.82, 2.24) is 5.32 Å². The number of rotatable bonds is 5. The second-order valence-corrected chi connectivity index (χ2v) is 5.69. The Labute approximate surface area is 127 Å². The van der Waals surface area contributed by atoms with Crippen LogP contribution in [0.25, 0.3) is 10.1 Å². The van der Waals surface area contributed by atoms with Gasteiger partial charge in [0.2, 0.25) is 0 Å². The molecule has 0 bridgehead atoms. The van der Waals surface area contributed by atoms with Crippen molar-refractivity contribution in [1.29, 1.82) is 0 Å². The van der Waals surface area contributed by atoms with Crippen LogP contribution in [-0.4, -0.2) is 24.5 Å². The molecule has 0 fully saturated rings. The summed E-state index contributed by atoms with van der Waals surface area (Å²) >= 11 is 1.38. The number of fused-ring (bicyclic) bond motifs is 1. The van der Waals surface area contributed by atoms with Gasteiger partial charge in [-0.25, -0.2) is 4.79 Å². The summed E-state index contributed by atoms with van der Waals surface area (Å²) in [5, 5.41) is 3.64. The zero-order valence-electron chi connectivity index (χ0n) is 12.0. The summed E-state index contributed by atoms with van der Waals surface area (Å²) in [6, 6.07) is 7.80. The molecule has 5 heteroatoms. The van der Waals surface area contributed by atoms with Crippen LogP contribution in [0.3, 0.4) is 0 Å². The standard InChI is InChI=1S/C16H17NO3S/c1-4-9-17-15(18)11(3)20-16(19)14-10(2)12-7-5-6-8-13(12)21-14/h4-8,11H,1,9H2,2-3H3,(H,17,18). The molecular weight excluding hydrogens is 286 g/mol. The maximum absolute atomic E-state index is 12.2. The molecule has 21 heavy (non-hydrogen) atoms. The molecular formula is C16H17NO3S. The van der Waals surface area contributed by atoms with Gasteiger partial charge in [-0.1, -0.05) is 24.3 Å². The Morgan fingerprint density at radius 2 is 2.14 bits per heavy atom. The number of hydrogen-bond acceptors (Lipinski definition) is 4. The monoisotopic (exact) mass is 303 g/mol. The lowest BCUT2D eigenvalue weighted by molar-refractivity contribution is -0.128. The van der Waals surface area contributed by atoms with Crippen LogP contribution >= 0.6 is 11.3 Å². The molecule has 1 aromatic carbocycles. The summed E-state index contributed by atoms with van der Waals surface area (Å²) in [7, 11) is 0. The molecule has 0 saturated carbocycles. The second kappa shape index (κ2) is 6.54. The highest BCUT2D eigenvalue weighted by molar-refractivity contribution is 7.21. The Kier molecular flexibility index (Phi) is 4.75. The first-order chi connectivity index (χ1) is 10.0. The fourth-order valence-electron chi connectivity index (χ4n) is 1.95. The average molecular weight is 303 g/mol. The SMILES string of the molecule is C=CCNC(=O)C(C)OC(=O)c1sc2ccccc2c1C. The van der Waals surface area contributed by atoms with Crippen LogP contribution in [0.4, 0.5) is 0 Å². The van der Waals surface area contributed by atoms with Gasteiger partial charge in [0.25, 0.3) is 5.91 Å². The van der Waals surface area contributed by atoms with Gasteiger partial charge in [-0.3, -0.25) is 4.79 Å². The first-order valence-electron chi connectivity index (χ1n) is 6.62. The zero-order chi connectivity index (χ0) is 15.4. The number of carbonyl (C=O) groups excluding carboxylic acids is 2. The number of esters is 1. The fraction of sp³-hybridized carbons (Fsp3) is 0.250. The number of ether oxygens (including phenoxy) is 1. The van der Waals surface area contributed by atoms with E-state index in [-0.39, 0.29) is 5.91 Å². The molecule has 1 atom stereocenters.